The standard InChI is InChI=1S/C17H15F3N4OS/c18-17(19,20)13-7-4-9-24-14(22-23-16(13)24)11-21-15(25)8-10-26-12-5-2-1-3-6-12/h1-7,9H,8,10-11H2,(H,21,25). The van der Waals surface area contributed by atoms with Crippen molar-refractivity contribution in [2.24, 2.45) is 0 Å². The average Bonchev–Trinajstić information content (AvgIpc) is 3.03. The van der Waals surface area contributed by atoms with E-state index < -0.39 is 11.7 Å². The van der Waals surface area contributed by atoms with Crippen LogP contribution in [0.3, 0.4) is 0 Å². The van der Waals surface area contributed by atoms with Gasteiger partial charge in [-0.3, -0.25) is 9.20 Å². The second-order valence-corrected chi connectivity index (χ2v) is 6.59. The summed E-state index contributed by atoms with van der Waals surface area (Å²) in [6.07, 6.45) is -2.77. The molecular formula is C17H15F3N4OS. The van der Waals surface area contributed by atoms with E-state index in [1.807, 2.05) is 30.3 Å². The molecule has 3 aromatic rings. The number of hydrogen-bond acceptors (Lipinski definition) is 4. The molecule has 1 aromatic carbocycles. The van der Waals surface area contributed by atoms with Crippen molar-refractivity contribution in [1.82, 2.24) is 19.9 Å². The van der Waals surface area contributed by atoms with Gasteiger partial charge in [-0.25, -0.2) is 0 Å². The Bertz CT molecular complexity index is 896. The fourth-order valence-electron chi connectivity index (χ4n) is 2.35. The Balaban J connectivity index is 1.57. The Labute approximate surface area is 151 Å². The van der Waals surface area contributed by atoms with Crippen LogP contribution < -0.4 is 5.32 Å². The summed E-state index contributed by atoms with van der Waals surface area (Å²) in [7, 11) is 0. The maximum atomic E-state index is 13.0. The molecule has 1 amide bonds. The summed E-state index contributed by atoms with van der Waals surface area (Å²) in [5, 5.41) is 10.0. The quantitative estimate of drug-likeness (QED) is 0.665. The fraction of sp³-hybridized carbons (Fsp3) is 0.235. The first-order valence-electron chi connectivity index (χ1n) is 7.79. The lowest BCUT2D eigenvalue weighted by atomic mass is 10.2. The van der Waals surface area contributed by atoms with Crippen LogP contribution in [0.5, 0.6) is 0 Å². The van der Waals surface area contributed by atoms with E-state index in [2.05, 4.69) is 15.5 Å². The van der Waals surface area contributed by atoms with Gasteiger partial charge in [-0.1, -0.05) is 18.2 Å². The van der Waals surface area contributed by atoms with E-state index in [1.165, 1.54) is 16.7 Å². The summed E-state index contributed by atoms with van der Waals surface area (Å²) in [5.41, 5.74) is -1.13. The Kier molecular flexibility index (Phi) is 5.46. The molecule has 0 aliphatic heterocycles. The van der Waals surface area contributed by atoms with Crippen LogP contribution in [0.2, 0.25) is 0 Å². The lowest BCUT2D eigenvalue weighted by Gasteiger charge is -2.08. The van der Waals surface area contributed by atoms with Gasteiger partial charge < -0.3 is 5.32 Å². The van der Waals surface area contributed by atoms with Crippen molar-refractivity contribution in [3.05, 3.63) is 60.0 Å². The SMILES string of the molecule is O=C(CCSc1ccccc1)NCc1nnc2c(C(F)(F)F)cccn12. The molecule has 0 fully saturated rings. The normalized spacial score (nSPS) is 11.7. The number of fused-ring (bicyclic) bond motifs is 1. The van der Waals surface area contributed by atoms with Crippen LogP contribution >= 0.6 is 11.8 Å². The molecule has 5 nitrogen and oxygen atoms in total. The second kappa shape index (κ2) is 7.77. The summed E-state index contributed by atoms with van der Waals surface area (Å²) >= 11 is 1.56. The minimum atomic E-state index is -4.51. The largest absolute Gasteiger partial charge is 0.420 e. The Morgan fingerprint density at radius 1 is 1.12 bits per heavy atom. The van der Waals surface area contributed by atoms with Crippen LogP contribution in [-0.2, 0) is 17.5 Å². The third-order valence-electron chi connectivity index (χ3n) is 3.60. The number of nitrogens with zero attached hydrogens (tertiary/aromatic N) is 3. The highest BCUT2D eigenvalue weighted by Crippen LogP contribution is 2.31. The number of aromatic nitrogens is 3. The molecular weight excluding hydrogens is 365 g/mol. The van der Waals surface area contributed by atoms with E-state index >= 15 is 0 Å². The molecule has 0 saturated carbocycles. The number of amides is 1. The summed E-state index contributed by atoms with van der Waals surface area (Å²) in [4.78, 5) is 13.0. The van der Waals surface area contributed by atoms with Crippen molar-refractivity contribution in [2.75, 3.05) is 5.75 Å². The molecule has 1 N–H and O–H groups in total. The second-order valence-electron chi connectivity index (χ2n) is 5.42. The van der Waals surface area contributed by atoms with Crippen LogP contribution in [0.25, 0.3) is 5.65 Å². The van der Waals surface area contributed by atoms with E-state index in [4.69, 9.17) is 0 Å². The zero-order chi connectivity index (χ0) is 18.6. The maximum Gasteiger partial charge on any atom is 0.420 e. The smallest absolute Gasteiger partial charge is 0.349 e. The van der Waals surface area contributed by atoms with Crippen LogP contribution in [0.4, 0.5) is 13.2 Å². The van der Waals surface area contributed by atoms with Gasteiger partial charge in [-0.15, -0.1) is 22.0 Å². The first-order valence-corrected chi connectivity index (χ1v) is 8.78. The third-order valence-corrected chi connectivity index (χ3v) is 4.61. The number of carbonyl (C=O) groups excluding carboxylic acids is 1. The van der Waals surface area contributed by atoms with E-state index in [9.17, 15) is 18.0 Å². The van der Waals surface area contributed by atoms with Gasteiger partial charge in [0.15, 0.2) is 11.5 Å². The molecule has 2 aromatic heterocycles. The Morgan fingerprint density at radius 2 is 1.88 bits per heavy atom. The summed E-state index contributed by atoms with van der Waals surface area (Å²) in [6.45, 7) is 0.0112. The predicted octanol–water partition coefficient (Wildman–Crippen LogP) is 3.55. The first-order chi connectivity index (χ1) is 12.4. The summed E-state index contributed by atoms with van der Waals surface area (Å²) in [5.74, 6) is 0.654. The van der Waals surface area contributed by atoms with E-state index in [0.29, 0.717) is 12.2 Å². The molecule has 0 aliphatic carbocycles. The van der Waals surface area contributed by atoms with Gasteiger partial charge in [0.1, 0.15) is 5.56 Å². The molecule has 0 bridgehead atoms. The zero-order valence-electron chi connectivity index (χ0n) is 13.5. The molecule has 2 heterocycles. The molecule has 0 saturated heterocycles. The predicted molar refractivity (Wildman–Crippen MR) is 91.6 cm³/mol. The molecule has 136 valence electrons. The number of pyridine rings is 1. The minimum absolute atomic E-state index is 0.0112. The highest BCUT2D eigenvalue weighted by atomic mass is 32.2. The number of thioether (sulfide) groups is 1. The maximum absolute atomic E-state index is 13.0. The van der Waals surface area contributed by atoms with E-state index in [-0.39, 0.29) is 23.9 Å². The first kappa shape index (κ1) is 18.2. The number of rotatable bonds is 6. The van der Waals surface area contributed by atoms with Crippen LogP contribution in [0.15, 0.2) is 53.6 Å². The number of carbonyl (C=O) groups is 1. The van der Waals surface area contributed by atoms with Gasteiger partial charge in [0, 0.05) is 23.3 Å². The lowest BCUT2D eigenvalue weighted by Crippen LogP contribution is -2.24. The number of alkyl halides is 3. The van der Waals surface area contributed by atoms with Gasteiger partial charge in [0.2, 0.25) is 5.91 Å². The van der Waals surface area contributed by atoms with Gasteiger partial charge in [-0.05, 0) is 24.3 Å². The number of nitrogens with one attached hydrogen (secondary N) is 1. The number of benzene rings is 1. The van der Waals surface area contributed by atoms with Gasteiger partial charge >= 0.3 is 6.18 Å². The molecule has 26 heavy (non-hydrogen) atoms. The van der Waals surface area contributed by atoms with Crippen molar-refractivity contribution >= 4 is 23.3 Å². The molecule has 0 unspecified atom stereocenters. The van der Waals surface area contributed by atoms with Crippen LogP contribution in [0, 0.1) is 0 Å². The van der Waals surface area contributed by atoms with E-state index in [1.54, 1.807) is 11.8 Å². The molecule has 9 heteroatoms. The van der Waals surface area contributed by atoms with E-state index in [0.717, 1.165) is 11.0 Å². The lowest BCUT2D eigenvalue weighted by molar-refractivity contribution is -0.136. The molecule has 0 radical (unpaired) electrons. The highest BCUT2D eigenvalue weighted by molar-refractivity contribution is 7.99. The van der Waals surface area contributed by atoms with Gasteiger partial charge in [0.05, 0.1) is 6.54 Å². The Morgan fingerprint density at radius 3 is 2.62 bits per heavy atom. The molecule has 0 aliphatic rings. The topological polar surface area (TPSA) is 59.3 Å². The third kappa shape index (κ3) is 4.34. The molecule has 0 atom stereocenters. The average molecular weight is 380 g/mol. The monoisotopic (exact) mass is 380 g/mol. The highest BCUT2D eigenvalue weighted by Gasteiger charge is 2.34. The van der Waals surface area contributed by atoms with Gasteiger partial charge in [-0.2, -0.15) is 13.2 Å². The van der Waals surface area contributed by atoms with Gasteiger partial charge in [0.25, 0.3) is 0 Å². The van der Waals surface area contributed by atoms with Crippen molar-refractivity contribution in [3.63, 3.8) is 0 Å². The molecule has 3 rings (SSSR count). The molecule has 0 spiro atoms. The minimum Gasteiger partial charge on any atom is -0.349 e. The zero-order valence-corrected chi connectivity index (χ0v) is 14.3. The van der Waals surface area contributed by atoms with Crippen molar-refractivity contribution < 1.29 is 18.0 Å². The summed E-state index contributed by atoms with van der Waals surface area (Å²) < 4.78 is 40.1. The van der Waals surface area contributed by atoms with Crippen LogP contribution in [-0.4, -0.2) is 26.3 Å². The van der Waals surface area contributed by atoms with Crippen molar-refractivity contribution in [2.45, 2.75) is 24.0 Å². The fourth-order valence-corrected chi connectivity index (χ4v) is 3.22. The number of halogens is 3. The van der Waals surface area contributed by atoms with Crippen molar-refractivity contribution in [3.8, 4) is 0 Å². The number of hydrogen-bond donors (Lipinski definition) is 1. The van der Waals surface area contributed by atoms with Crippen molar-refractivity contribution in [1.29, 1.82) is 0 Å². The Hall–Kier alpha value is -2.55. The summed E-state index contributed by atoms with van der Waals surface area (Å²) in [6, 6.07) is 11.9. The van der Waals surface area contributed by atoms with Crippen LogP contribution in [0.1, 0.15) is 17.8 Å².